The first-order valence-electron chi connectivity index (χ1n) is 8.97. The second-order valence-electron chi connectivity index (χ2n) is 6.41. The van der Waals surface area contributed by atoms with Crippen molar-refractivity contribution in [1.29, 1.82) is 0 Å². The van der Waals surface area contributed by atoms with E-state index in [0.717, 1.165) is 17.9 Å². The van der Waals surface area contributed by atoms with Gasteiger partial charge in [-0.25, -0.2) is 0 Å². The van der Waals surface area contributed by atoms with Crippen LogP contribution in [-0.2, 0) is 12.1 Å². The van der Waals surface area contributed by atoms with Gasteiger partial charge in [0.2, 0.25) is 0 Å². The van der Waals surface area contributed by atoms with E-state index < -0.39 is 5.60 Å². The van der Waals surface area contributed by atoms with Crippen molar-refractivity contribution < 1.29 is 9.84 Å². The summed E-state index contributed by atoms with van der Waals surface area (Å²) >= 11 is 0. The van der Waals surface area contributed by atoms with Gasteiger partial charge in [0.25, 0.3) is 0 Å². The predicted molar refractivity (Wildman–Crippen MR) is 105 cm³/mol. The average molecular weight is 347 g/mol. The Hall–Kier alpha value is -2.62. The lowest BCUT2D eigenvalue weighted by Crippen LogP contribution is -2.36. The van der Waals surface area contributed by atoms with Gasteiger partial charge in [-0.15, -0.1) is 0 Å². The smallest absolute Gasteiger partial charge is 0.125 e. The van der Waals surface area contributed by atoms with E-state index in [1.54, 1.807) is 0 Å². The van der Waals surface area contributed by atoms with Crippen LogP contribution in [0.15, 0.2) is 91.0 Å². The van der Waals surface area contributed by atoms with Crippen molar-refractivity contribution in [3.05, 3.63) is 102 Å². The molecule has 0 aliphatic heterocycles. The fourth-order valence-corrected chi connectivity index (χ4v) is 2.89. The SMILES string of the molecule is OC(CCNCc1ccccc1)(COc1ccccc1)c1ccccc1. The van der Waals surface area contributed by atoms with Crippen molar-refractivity contribution in [3.8, 4) is 5.75 Å². The third-order valence-corrected chi connectivity index (χ3v) is 4.42. The van der Waals surface area contributed by atoms with Gasteiger partial charge in [-0.05, 0) is 36.2 Å². The van der Waals surface area contributed by atoms with Crippen LogP contribution in [0.3, 0.4) is 0 Å². The molecular weight excluding hydrogens is 322 g/mol. The molecule has 0 amide bonds. The van der Waals surface area contributed by atoms with Crippen LogP contribution in [0.25, 0.3) is 0 Å². The molecule has 0 saturated heterocycles. The largest absolute Gasteiger partial charge is 0.490 e. The zero-order valence-electron chi connectivity index (χ0n) is 14.8. The number of ether oxygens (including phenoxy) is 1. The fourth-order valence-electron chi connectivity index (χ4n) is 2.89. The van der Waals surface area contributed by atoms with E-state index in [1.165, 1.54) is 5.56 Å². The van der Waals surface area contributed by atoms with Crippen LogP contribution in [0.4, 0.5) is 0 Å². The van der Waals surface area contributed by atoms with Crippen molar-refractivity contribution in [2.75, 3.05) is 13.2 Å². The predicted octanol–water partition coefficient (Wildman–Crippen LogP) is 4.13. The Morgan fingerprint density at radius 2 is 1.35 bits per heavy atom. The average Bonchev–Trinajstić information content (AvgIpc) is 2.72. The monoisotopic (exact) mass is 347 g/mol. The lowest BCUT2D eigenvalue weighted by atomic mass is 9.91. The van der Waals surface area contributed by atoms with Crippen LogP contribution >= 0.6 is 0 Å². The Balaban J connectivity index is 1.61. The Bertz CT molecular complexity index is 762. The van der Waals surface area contributed by atoms with Crippen molar-refractivity contribution in [2.45, 2.75) is 18.6 Å². The molecule has 134 valence electrons. The van der Waals surface area contributed by atoms with Crippen LogP contribution in [0, 0.1) is 0 Å². The highest BCUT2D eigenvalue weighted by Crippen LogP contribution is 2.26. The number of hydrogen-bond donors (Lipinski definition) is 2. The number of benzene rings is 3. The van der Waals surface area contributed by atoms with Gasteiger partial charge in [0, 0.05) is 6.54 Å². The first-order chi connectivity index (χ1) is 12.8. The number of hydrogen-bond acceptors (Lipinski definition) is 3. The standard InChI is InChI=1S/C23H25NO2/c25-23(21-12-6-2-7-13-21,19-26-22-14-8-3-9-15-22)16-17-24-18-20-10-4-1-5-11-20/h1-15,24-25H,16-19H2. The molecule has 2 N–H and O–H groups in total. The van der Waals surface area contributed by atoms with E-state index in [4.69, 9.17) is 4.74 Å². The molecule has 3 rings (SSSR count). The highest BCUT2D eigenvalue weighted by molar-refractivity contribution is 5.25. The lowest BCUT2D eigenvalue weighted by Gasteiger charge is -2.29. The summed E-state index contributed by atoms with van der Waals surface area (Å²) in [6.07, 6.45) is 0.566. The third kappa shape index (κ3) is 5.19. The molecule has 3 aromatic rings. The summed E-state index contributed by atoms with van der Waals surface area (Å²) in [5.41, 5.74) is 1.06. The number of nitrogens with one attached hydrogen (secondary N) is 1. The maximum absolute atomic E-state index is 11.3. The Morgan fingerprint density at radius 1 is 0.769 bits per heavy atom. The molecule has 0 spiro atoms. The molecule has 3 aromatic carbocycles. The quantitative estimate of drug-likeness (QED) is 0.572. The maximum Gasteiger partial charge on any atom is 0.125 e. The van der Waals surface area contributed by atoms with Gasteiger partial charge in [-0.2, -0.15) is 0 Å². The molecule has 1 unspecified atom stereocenters. The molecule has 0 fully saturated rings. The Labute approximate surface area is 155 Å². The molecule has 0 saturated carbocycles. The Morgan fingerprint density at radius 3 is 2.00 bits per heavy atom. The molecular formula is C23H25NO2. The third-order valence-electron chi connectivity index (χ3n) is 4.42. The second kappa shape index (κ2) is 9.18. The molecule has 26 heavy (non-hydrogen) atoms. The number of aliphatic hydroxyl groups is 1. The van der Waals surface area contributed by atoms with Gasteiger partial charge in [0.1, 0.15) is 18.0 Å². The zero-order valence-corrected chi connectivity index (χ0v) is 14.8. The molecule has 0 aliphatic carbocycles. The molecule has 0 radical (unpaired) electrons. The van der Waals surface area contributed by atoms with Gasteiger partial charge in [0.15, 0.2) is 0 Å². The molecule has 0 aromatic heterocycles. The fraction of sp³-hybridized carbons (Fsp3) is 0.217. The molecule has 3 nitrogen and oxygen atoms in total. The van der Waals surface area contributed by atoms with Crippen molar-refractivity contribution in [1.82, 2.24) is 5.32 Å². The van der Waals surface area contributed by atoms with E-state index >= 15 is 0 Å². The molecule has 0 aliphatic rings. The Kier molecular flexibility index (Phi) is 6.42. The first kappa shape index (κ1) is 18.2. The van der Waals surface area contributed by atoms with Crippen molar-refractivity contribution in [3.63, 3.8) is 0 Å². The van der Waals surface area contributed by atoms with Crippen molar-refractivity contribution >= 4 is 0 Å². The van der Waals surface area contributed by atoms with E-state index in [-0.39, 0.29) is 6.61 Å². The van der Waals surface area contributed by atoms with Crippen LogP contribution in [0.2, 0.25) is 0 Å². The minimum Gasteiger partial charge on any atom is -0.490 e. The van der Waals surface area contributed by atoms with Crippen LogP contribution in [-0.4, -0.2) is 18.3 Å². The topological polar surface area (TPSA) is 41.5 Å². The van der Waals surface area contributed by atoms with E-state index in [9.17, 15) is 5.11 Å². The minimum atomic E-state index is -1.04. The summed E-state index contributed by atoms with van der Waals surface area (Å²) in [5.74, 6) is 0.763. The van der Waals surface area contributed by atoms with Gasteiger partial charge in [-0.1, -0.05) is 78.9 Å². The summed E-state index contributed by atoms with van der Waals surface area (Å²) in [7, 11) is 0. The highest BCUT2D eigenvalue weighted by Gasteiger charge is 2.29. The zero-order chi connectivity index (χ0) is 18.1. The van der Waals surface area contributed by atoms with Gasteiger partial charge < -0.3 is 15.2 Å². The van der Waals surface area contributed by atoms with Crippen molar-refractivity contribution in [2.24, 2.45) is 0 Å². The van der Waals surface area contributed by atoms with E-state index in [2.05, 4.69) is 17.4 Å². The van der Waals surface area contributed by atoms with E-state index in [0.29, 0.717) is 13.0 Å². The molecule has 0 bridgehead atoms. The van der Waals surface area contributed by atoms with Crippen LogP contribution in [0.1, 0.15) is 17.5 Å². The summed E-state index contributed by atoms with van der Waals surface area (Å²) in [5, 5.41) is 14.7. The lowest BCUT2D eigenvalue weighted by molar-refractivity contribution is -0.0166. The van der Waals surface area contributed by atoms with Crippen LogP contribution in [0.5, 0.6) is 5.75 Å². The maximum atomic E-state index is 11.3. The van der Waals surface area contributed by atoms with E-state index in [1.807, 2.05) is 78.9 Å². The second-order valence-corrected chi connectivity index (χ2v) is 6.41. The van der Waals surface area contributed by atoms with Crippen LogP contribution < -0.4 is 10.1 Å². The van der Waals surface area contributed by atoms with Gasteiger partial charge in [-0.3, -0.25) is 0 Å². The first-order valence-corrected chi connectivity index (χ1v) is 8.97. The minimum absolute atomic E-state index is 0.216. The summed E-state index contributed by atoms with van der Waals surface area (Å²) in [6.45, 7) is 1.69. The molecule has 0 heterocycles. The highest BCUT2D eigenvalue weighted by atomic mass is 16.5. The van der Waals surface area contributed by atoms with Gasteiger partial charge in [0.05, 0.1) is 0 Å². The normalized spacial score (nSPS) is 13.1. The summed E-state index contributed by atoms with van der Waals surface area (Å²) < 4.78 is 5.86. The molecule has 3 heteroatoms. The number of para-hydroxylation sites is 1. The number of rotatable bonds is 9. The molecule has 1 atom stereocenters. The summed E-state index contributed by atoms with van der Waals surface area (Å²) in [6, 6.07) is 29.6. The summed E-state index contributed by atoms with van der Waals surface area (Å²) in [4.78, 5) is 0. The van der Waals surface area contributed by atoms with Gasteiger partial charge >= 0.3 is 0 Å².